The topological polar surface area (TPSA) is 12.9 Å². The van der Waals surface area contributed by atoms with Gasteiger partial charge in [0.15, 0.2) is 0 Å². The first-order chi connectivity index (χ1) is 7.69. The minimum absolute atomic E-state index is 0.574. The molecule has 0 saturated heterocycles. The minimum atomic E-state index is 0.574. The van der Waals surface area contributed by atoms with E-state index in [-0.39, 0.29) is 0 Å². The van der Waals surface area contributed by atoms with Crippen LogP contribution in [0.25, 0.3) is 17.0 Å². The summed E-state index contributed by atoms with van der Waals surface area (Å²) in [5.41, 5.74) is 4.44. The first-order valence-electron chi connectivity index (χ1n) is 5.29. The van der Waals surface area contributed by atoms with Gasteiger partial charge in [0.25, 0.3) is 0 Å². The predicted octanol–water partition coefficient (Wildman–Crippen LogP) is 4.19. The fourth-order valence-electron chi connectivity index (χ4n) is 1.66. The van der Waals surface area contributed by atoms with E-state index in [9.17, 15) is 0 Å². The smallest absolute Gasteiger partial charge is 0.0705 e. The highest BCUT2D eigenvalue weighted by Gasteiger charge is 1.97. The van der Waals surface area contributed by atoms with E-state index in [0.29, 0.717) is 5.88 Å². The first kappa shape index (κ1) is 11.2. The summed E-state index contributed by atoms with van der Waals surface area (Å²) >= 11 is 5.76. The lowest BCUT2D eigenvalue weighted by Gasteiger charge is -2.01. The van der Waals surface area contributed by atoms with Gasteiger partial charge in [-0.25, -0.2) is 0 Å². The fourth-order valence-corrected chi connectivity index (χ4v) is 1.74. The molecule has 0 spiro atoms. The molecule has 2 rings (SSSR count). The number of hydrogen-bond donors (Lipinski definition) is 0. The molecule has 2 heteroatoms. The summed E-state index contributed by atoms with van der Waals surface area (Å²) in [5, 5.41) is 1.17. The predicted molar refractivity (Wildman–Crippen MR) is 70.9 cm³/mol. The molecule has 1 aromatic carbocycles. The number of rotatable bonds is 2. The molecule has 0 atom stereocenters. The lowest BCUT2D eigenvalue weighted by Crippen LogP contribution is -1.84. The molecule has 0 radical (unpaired) electrons. The number of aromatic nitrogens is 1. The Morgan fingerprint density at radius 1 is 1.31 bits per heavy atom. The molecule has 0 aliphatic carbocycles. The second-order valence-electron chi connectivity index (χ2n) is 4.03. The number of nitrogens with zero attached hydrogens (tertiary/aromatic N) is 1. The molecule has 0 bridgehead atoms. The van der Waals surface area contributed by atoms with Crippen LogP contribution in [-0.2, 0) is 0 Å². The molecule has 2 aromatic rings. The summed E-state index contributed by atoms with van der Waals surface area (Å²) in [6.07, 6.45) is 2.10. The summed E-state index contributed by atoms with van der Waals surface area (Å²) < 4.78 is 0. The number of alkyl halides is 1. The van der Waals surface area contributed by atoms with Crippen molar-refractivity contribution in [3.8, 4) is 0 Å². The lowest BCUT2D eigenvalue weighted by atomic mass is 10.1. The molecule has 1 nitrogen and oxygen atoms in total. The van der Waals surface area contributed by atoms with E-state index < -0.39 is 0 Å². The van der Waals surface area contributed by atoms with Crippen molar-refractivity contribution in [1.29, 1.82) is 0 Å². The van der Waals surface area contributed by atoms with Crippen LogP contribution in [0.3, 0.4) is 0 Å². The molecule has 0 aliphatic heterocycles. The number of halogens is 1. The maximum atomic E-state index is 5.76. The van der Waals surface area contributed by atoms with E-state index >= 15 is 0 Å². The SMILES string of the molecule is C/C(=C/c1ccc2nc(C)ccc2c1)CCl. The monoisotopic (exact) mass is 231 g/mol. The largest absolute Gasteiger partial charge is 0.253 e. The van der Waals surface area contributed by atoms with Gasteiger partial charge in [-0.3, -0.25) is 4.98 Å². The molecule has 1 aromatic heterocycles. The van der Waals surface area contributed by atoms with E-state index in [4.69, 9.17) is 11.6 Å². The minimum Gasteiger partial charge on any atom is -0.253 e. The molecule has 0 N–H and O–H groups in total. The summed E-state index contributed by atoms with van der Waals surface area (Å²) in [6.45, 7) is 4.04. The molecule has 0 fully saturated rings. The quantitative estimate of drug-likeness (QED) is 0.707. The van der Waals surface area contributed by atoms with Gasteiger partial charge in [-0.1, -0.05) is 23.8 Å². The van der Waals surface area contributed by atoms with Crippen LogP contribution < -0.4 is 0 Å². The summed E-state index contributed by atoms with van der Waals surface area (Å²) in [6, 6.07) is 10.4. The number of benzene rings is 1. The second-order valence-corrected chi connectivity index (χ2v) is 4.30. The Bertz CT molecular complexity index is 543. The van der Waals surface area contributed by atoms with Crippen LogP contribution in [0.5, 0.6) is 0 Å². The van der Waals surface area contributed by atoms with Crippen molar-refractivity contribution < 1.29 is 0 Å². The zero-order chi connectivity index (χ0) is 11.5. The average Bonchev–Trinajstić information content (AvgIpc) is 2.29. The van der Waals surface area contributed by atoms with Crippen LogP contribution >= 0.6 is 11.6 Å². The molecular formula is C14H14ClN. The fraction of sp³-hybridized carbons (Fsp3) is 0.214. The maximum Gasteiger partial charge on any atom is 0.0705 e. The van der Waals surface area contributed by atoms with Gasteiger partial charge in [-0.2, -0.15) is 0 Å². The molecule has 16 heavy (non-hydrogen) atoms. The lowest BCUT2D eigenvalue weighted by molar-refractivity contribution is 1.25. The van der Waals surface area contributed by atoms with Crippen molar-refractivity contribution in [2.24, 2.45) is 0 Å². The van der Waals surface area contributed by atoms with Crippen LogP contribution in [0.1, 0.15) is 18.2 Å². The third kappa shape index (κ3) is 2.42. The summed E-state index contributed by atoms with van der Waals surface area (Å²) in [4.78, 5) is 4.47. The van der Waals surface area contributed by atoms with Crippen molar-refractivity contribution in [2.45, 2.75) is 13.8 Å². The first-order valence-corrected chi connectivity index (χ1v) is 5.83. The normalized spacial score (nSPS) is 12.1. The molecule has 82 valence electrons. The van der Waals surface area contributed by atoms with Crippen molar-refractivity contribution in [1.82, 2.24) is 4.98 Å². The summed E-state index contributed by atoms with van der Waals surface area (Å²) in [5.74, 6) is 0.574. The van der Waals surface area contributed by atoms with E-state index in [0.717, 1.165) is 11.2 Å². The van der Waals surface area contributed by atoms with Crippen molar-refractivity contribution >= 4 is 28.6 Å². The Labute approximate surface area is 101 Å². The third-order valence-corrected chi connectivity index (χ3v) is 2.90. The van der Waals surface area contributed by atoms with Crippen LogP contribution in [0.4, 0.5) is 0 Å². The van der Waals surface area contributed by atoms with Crippen molar-refractivity contribution in [3.63, 3.8) is 0 Å². The molecule has 1 heterocycles. The van der Waals surface area contributed by atoms with E-state index in [1.807, 2.05) is 19.9 Å². The Morgan fingerprint density at radius 2 is 2.12 bits per heavy atom. The van der Waals surface area contributed by atoms with Gasteiger partial charge in [-0.05, 0) is 37.6 Å². The van der Waals surface area contributed by atoms with Crippen LogP contribution in [0.2, 0.25) is 0 Å². The van der Waals surface area contributed by atoms with Gasteiger partial charge in [0, 0.05) is 17.0 Å². The van der Waals surface area contributed by atoms with Gasteiger partial charge in [0.2, 0.25) is 0 Å². The van der Waals surface area contributed by atoms with E-state index in [1.54, 1.807) is 0 Å². The van der Waals surface area contributed by atoms with Gasteiger partial charge in [0.05, 0.1) is 5.52 Å². The summed E-state index contributed by atoms with van der Waals surface area (Å²) in [7, 11) is 0. The molecular weight excluding hydrogens is 218 g/mol. The van der Waals surface area contributed by atoms with Crippen LogP contribution in [-0.4, -0.2) is 10.9 Å². The average molecular weight is 232 g/mol. The van der Waals surface area contributed by atoms with Crippen molar-refractivity contribution in [3.05, 3.63) is 47.2 Å². The highest BCUT2D eigenvalue weighted by molar-refractivity contribution is 6.19. The number of hydrogen-bond acceptors (Lipinski definition) is 1. The maximum absolute atomic E-state index is 5.76. The number of fused-ring (bicyclic) bond motifs is 1. The number of aryl methyl sites for hydroxylation is 1. The second kappa shape index (κ2) is 4.67. The molecule has 0 amide bonds. The highest BCUT2D eigenvalue weighted by Crippen LogP contribution is 2.17. The van der Waals surface area contributed by atoms with Crippen molar-refractivity contribution in [2.75, 3.05) is 5.88 Å². The molecule has 0 saturated carbocycles. The van der Waals surface area contributed by atoms with Crippen LogP contribution in [0.15, 0.2) is 35.9 Å². The van der Waals surface area contributed by atoms with Gasteiger partial charge in [0.1, 0.15) is 0 Å². The van der Waals surface area contributed by atoms with Gasteiger partial charge >= 0.3 is 0 Å². The highest BCUT2D eigenvalue weighted by atomic mass is 35.5. The van der Waals surface area contributed by atoms with Gasteiger partial charge in [-0.15, -0.1) is 11.6 Å². The number of allylic oxidation sites excluding steroid dienone is 1. The van der Waals surface area contributed by atoms with Gasteiger partial charge < -0.3 is 0 Å². The van der Waals surface area contributed by atoms with E-state index in [2.05, 4.69) is 35.3 Å². The Kier molecular flexibility index (Phi) is 3.25. The molecule has 0 aliphatic rings. The Morgan fingerprint density at radius 3 is 2.88 bits per heavy atom. The third-order valence-electron chi connectivity index (χ3n) is 2.48. The zero-order valence-electron chi connectivity index (χ0n) is 9.50. The number of pyridine rings is 1. The van der Waals surface area contributed by atoms with Crippen LogP contribution in [0, 0.1) is 6.92 Å². The Balaban J connectivity index is 2.48. The standard InChI is InChI=1S/C14H14ClN/c1-10(9-15)7-12-4-6-14-13(8-12)5-3-11(2)16-14/h3-8H,9H2,1-2H3/b10-7-. The molecule has 0 unspecified atom stereocenters. The zero-order valence-corrected chi connectivity index (χ0v) is 10.3. The van der Waals surface area contributed by atoms with E-state index in [1.165, 1.54) is 16.5 Å². The Hall–Kier alpha value is -1.34.